The maximum Gasteiger partial charge on any atom is 0.316 e. The average molecular weight is 189 g/mol. The molecule has 1 aliphatic carbocycles. The van der Waals surface area contributed by atoms with Crippen molar-refractivity contribution >= 4 is 5.97 Å². The number of carbonyl (C=O) groups is 1. The van der Waals surface area contributed by atoms with E-state index in [1.807, 2.05) is 0 Å². The molecule has 13 heavy (non-hydrogen) atoms. The number of allylic oxidation sites excluding steroid dienone is 1. The Morgan fingerprint density at radius 1 is 1.69 bits per heavy atom. The monoisotopic (exact) mass is 189 g/mol. The van der Waals surface area contributed by atoms with Crippen molar-refractivity contribution in [1.82, 2.24) is 0 Å². The minimum Gasteiger partial charge on any atom is -0.468 e. The highest BCUT2D eigenvalue weighted by Gasteiger charge is 2.34. The molecule has 0 saturated heterocycles. The number of alkyl halides is 2. The molecule has 2 N–H and O–H groups in total. The first-order valence-electron chi connectivity index (χ1n) is 3.60. The molecular weight excluding hydrogens is 180 g/mol. The zero-order valence-electron chi connectivity index (χ0n) is 6.96. The lowest BCUT2D eigenvalue weighted by molar-refractivity contribution is -0.142. The number of halogens is 2. The standard InChI is InChI=1S/C8H9F2NO2/c1-13-7(12)5-2-3-8(9,10)6(11)4-5/h2-5H,11H2,1H3. The van der Waals surface area contributed by atoms with E-state index in [0.29, 0.717) is 6.08 Å². The van der Waals surface area contributed by atoms with Crippen LogP contribution in [0.15, 0.2) is 23.9 Å². The number of methoxy groups -OCH3 is 1. The Labute approximate surface area is 73.9 Å². The summed E-state index contributed by atoms with van der Waals surface area (Å²) in [6, 6.07) is 0. The molecule has 0 aliphatic heterocycles. The molecule has 0 bridgehead atoms. The number of hydrogen-bond acceptors (Lipinski definition) is 3. The number of nitrogens with two attached hydrogens (primary N) is 1. The fraction of sp³-hybridized carbons (Fsp3) is 0.375. The lowest BCUT2D eigenvalue weighted by Crippen LogP contribution is -2.28. The van der Waals surface area contributed by atoms with Gasteiger partial charge in [0.25, 0.3) is 0 Å². The van der Waals surface area contributed by atoms with E-state index in [4.69, 9.17) is 5.73 Å². The summed E-state index contributed by atoms with van der Waals surface area (Å²) in [5, 5.41) is 0. The normalized spacial score (nSPS) is 25.2. The summed E-state index contributed by atoms with van der Waals surface area (Å²) >= 11 is 0. The summed E-state index contributed by atoms with van der Waals surface area (Å²) in [7, 11) is 1.19. The third-order valence-corrected chi connectivity index (χ3v) is 1.73. The number of rotatable bonds is 1. The van der Waals surface area contributed by atoms with Crippen LogP contribution in [0.25, 0.3) is 0 Å². The second kappa shape index (κ2) is 3.16. The van der Waals surface area contributed by atoms with E-state index < -0.39 is 23.5 Å². The first-order valence-corrected chi connectivity index (χ1v) is 3.60. The summed E-state index contributed by atoms with van der Waals surface area (Å²) in [6.45, 7) is 0. The molecule has 0 aromatic carbocycles. The quantitative estimate of drug-likeness (QED) is 0.491. The summed E-state index contributed by atoms with van der Waals surface area (Å²) in [6.07, 6.45) is 2.66. The number of ether oxygens (including phenoxy) is 1. The van der Waals surface area contributed by atoms with Crippen LogP contribution in [-0.4, -0.2) is 19.0 Å². The van der Waals surface area contributed by atoms with Gasteiger partial charge in [-0.05, 0) is 12.2 Å². The Hall–Kier alpha value is -1.39. The average Bonchev–Trinajstić information content (AvgIpc) is 2.08. The molecule has 1 unspecified atom stereocenters. The lowest BCUT2D eigenvalue weighted by atomic mass is 9.99. The zero-order chi connectivity index (χ0) is 10.1. The van der Waals surface area contributed by atoms with Crippen LogP contribution < -0.4 is 5.73 Å². The smallest absolute Gasteiger partial charge is 0.316 e. The van der Waals surface area contributed by atoms with Gasteiger partial charge in [0.2, 0.25) is 0 Å². The predicted octanol–water partition coefficient (Wildman–Crippen LogP) is 0.823. The van der Waals surface area contributed by atoms with E-state index in [0.717, 1.165) is 12.2 Å². The van der Waals surface area contributed by atoms with E-state index in [9.17, 15) is 13.6 Å². The van der Waals surface area contributed by atoms with E-state index in [2.05, 4.69) is 4.74 Å². The molecule has 0 radical (unpaired) electrons. The van der Waals surface area contributed by atoms with Crippen molar-refractivity contribution < 1.29 is 18.3 Å². The first kappa shape index (κ1) is 9.70. The van der Waals surface area contributed by atoms with Crippen LogP contribution in [-0.2, 0) is 9.53 Å². The Morgan fingerprint density at radius 3 is 2.77 bits per heavy atom. The van der Waals surface area contributed by atoms with Gasteiger partial charge in [-0.15, -0.1) is 0 Å². The predicted molar refractivity (Wildman–Crippen MR) is 41.9 cm³/mol. The molecule has 0 fully saturated rings. The van der Waals surface area contributed by atoms with E-state index >= 15 is 0 Å². The van der Waals surface area contributed by atoms with Gasteiger partial charge in [0.1, 0.15) is 0 Å². The minimum atomic E-state index is -3.15. The fourth-order valence-electron chi connectivity index (χ4n) is 0.964. The molecular formula is C8H9F2NO2. The topological polar surface area (TPSA) is 52.3 Å². The Bertz CT molecular complexity index is 284. The van der Waals surface area contributed by atoms with Gasteiger partial charge in [-0.1, -0.05) is 6.08 Å². The maximum atomic E-state index is 12.7. The van der Waals surface area contributed by atoms with Crippen molar-refractivity contribution in [3.8, 4) is 0 Å². The van der Waals surface area contributed by atoms with Gasteiger partial charge in [0, 0.05) is 0 Å². The van der Waals surface area contributed by atoms with Gasteiger partial charge in [-0.3, -0.25) is 4.79 Å². The SMILES string of the molecule is COC(=O)C1C=CC(F)(F)C(N)=C1. The molecule has 0 saturated carbocycles. The van der Waals surface area contributed by atoms with Crippen molar-refractivity contribution in [3.63, 3.8) is 0 Å². The van der Waals surface area contributed by atoms with Crippen LogP contribution in [0.3, 0.4) is 0 Å². The Balaban J connectivity index is 2.84. The molecule has 5 heteroatoms. The van der Waals surface area contributed by atoms with Gasteiger partial charge < -0.3 is 10.5 Å². The molecule has 1 aliphatic rings. The molecule has 0 spiro atoms. The summed E-state index contributed by atoms with van der Waals surface area (Å²) in [4.78, 5) is 10.9. The molecule has 72 valence electrons. The summed E-state index contributed by atoms with van der Waals surface area (Å²) in [5.41, 5.74) is 4.43. The van der Waals surface area contributed by atoms with Crippen LogP contribution in [0.5, 0.6) is 0 Å². The molecule has 1 rings (SSSR count). The van der Waals surface area contributed by atoms with Gasteiger partial charge in [0.05, 0.1) is 18.7 Å². The highest BCUT2D eigenvalue weighted by atomic mass is 19.3. The molecule has 0 aromatic rings. The third kappa shape index (κ3) is 1.85. The van der Waals surface area contributed by atoms with Gasteiger partial charge in [0.15, 0.2) is 0 Å². The summed E-state index contributed by atoms with van der Waals surface area (Å²) in [5.74, 6) is -4.55. The summed E-state index contributed by atoms with van der Waals surface area (Å²) < 4.78 is 29.8. The second-order valence-corrected chi connectivity index (χ2v) is 2.65. The van der Waals surface area contributed by atoms with E-state index in [-0.39, 0.29) is 0 Å². The largest absolute Gasteiger partial charge is 0.468 e. The highest BCUT2D eigenvalue weighted by molar-refractivity contribution is 5.77. The molecule has 3 nitrogen and oxygen atoms in total. The fourth-order valence-corrected chi connectivity index (χ4v) is 0.964. The molecule has 0 heterocycles. The minimum absolute atomic E-state index is 0.601. The number of carbonyl (C=O) groups excluding carboxylic acids is 1. The Kier molecular flexibility index (Phi) is 2.36. The van der Waals surface area contributed by atoms with Crippen LogP contribution in [0.1, 0.15) is 0 Å². The van der Waals surface area contributed by atoms with Crippen molar-refractivity contribution in [2.24, 2.45) is 11.7 Å². The first-order chi connectivity index (χ1) is 5.97. The number of esters is 1. The van der Waals surface area contributed by atoms with Crippen molar-refractivity contribution in [2.75, 3.05) is 7.11 Å². The van der Waals surface area contributed by atoms with Crippen molar-refractivity contribution in [1.29, 1.82) is 0 Å². The molecule has 0 aromatic heterocycles. The van der Waals surface area contributed by atoms with Crippen LogP contribution in [0, 0.1) is 5.92 Å². The molecule has 0 amide bonds. The van der Waals surface area contributed by atoms with Crippen LogP contribution >= 0.6 is 0 Å². The van der Waals surface area contributed by atoms with E-state index in [1.54, 1.807) is 0 Å². The van der Waals surface area contributed by atoms with Crippen molar-refractivity contribution in [2.45, 2.75) is 5.92 Å². The second-order valence-electron chi connectivity index (χ2n) is 2.65. The van der Waals surface area contributed by atoms with Gasteiger partial charge in [-0.2, -0.15) is 8.78 Å². The molecule has 1 atom stereocenters. The van der Waals surface area contributed by atoms with Gasteiger partial charge in [-0.25, -0.2) is 0 Å². The zero-order valence-corrected chi connectivity index (χ0v) is 6.96. The Morgan fingerprint density at radius 2 is 2.31 bits per heavy atom. The van der Waals surface area contributed by atoms with Crippen LogP contribution in [0.2, 0.25) is 0 Å². The lowest BCUT2D eigenvalue weighted by Gasteiger charge is -2.19. The maximum absolute atomic E-state index is 12.7. The van der Waals surface area contributed by atoms with Crippen LogP contribution in [0.4, 0.5) is 8.78 Å². The van der Waals surface area contributed by atoms with E-state index in [1.165, 1.54) is 7.11 Å². The number of hydrogen-bond donors (Lipinski definition) is 1. The van der Waals surface area contributed by atoms with Gasteiger partial charge >= 0.3 is 11.9 Å². The highest BCUT2D eigenvalue weighted by Crippen LogP contribution is 2.28. The third-order valence-electron chi connectivity index (χ3n) is 1.73. The van der Waals surface area contributed by atoms with Crippen molar-refractivity contribution in [3.05, 3.63) is 23.9 Å².